The van der Waals surface area contributed by atoms with Crippen LogP contribution in [0.25, 0.3) is 11.3 Å². The van der Waals surface area contributed by atoms with E-state index in [1.807, 2.05) is 12.3 Å². The Labute approximate surface area is 183 Å². The van der Waals surface area contributed by atoms with Gasteiger partial charge in [0.25, 0.3) is 0 Å². The summed E-state index contributed by atoms with van der Waals surface area (Å²) in [6.07, 6.45) is 1.86. The normalized spacial score (nSPS) is 10.3. The molecule has 0 aliphatic heterocycles. The summed E-state index contributed by atoms with van der Waals surface area (Å²) in [5, 5.41) is 22.6. The van der Waals surface area contributed by atoms with Crippen LogP contribution in [0.2, 0.25) is 0 Å². The molecular formula is C22H20N4O4S. The van der Waals surface area contributed by atoms with Gasteiger partial charge in [0.1, 0.15) is 17.5 Å². The summed E-state index contributed by atoms with van der Waals surface area (Å²) in [6, 6.07) is 14.0. The highest BCUT2D eigenvalue weighted by molar-refractivity contribution is 7.98. The second-order valence-corrected chi connectivity index (χ2v) is 7.09. The van der Waals surface area contributed by atoms with Crippen molar-refractivity contribution in [3.8, 4) is 28.8 Å². The van der Waals surface area contributed by atoms with Crippen molar-refractivity contribution in [1.29, 1.82) is 5.26 Å². The van der Waals surface area contributed by atoms with Crippen molar-refractivity contribution in [1.82, 2.24) is 9.97 Å². The Hall–Kier alpha value is -3.77. The van der Waals surface area contributed by atoms with E-state index < -0.39 is 5.97 Å². The van der Waals surface area contributed by atoms with Crippen LogP contribution in [-0.2, 0) is 6.54 Å². The maximum absolute atomic E-state index is 11.0. The summed E-state index contributed by atoms with van der Waals surface area (Å²) >= 11 is 1.36. The number of methoxy groups -OCH3 is 2. The van der Waals surface area contributed by atoms with Gasteiger partial charge in [0, 0.05) is 12.1 Å². The number of carbonyl (C=O) groups is 1. The molecule has 31 heavy (non-hydrogen) atoms. The average Bonchev–Trinajstić information content (AvgIpc) is 2.81. The fraction of sp³-hybridized carbons (Fsp3) is 0.182. The van der Waals surface area contributed by atoms with Crippen molar-refractivity contribution in [3.63, 3.8) is 0 Å². The van der Waals surface area contributed by atoms with Crippen molar-refractivity contribution < 1.29 is 19.4 Å². The van der Waals surface area contributed by atoms with Crippen molar-refractivity contribution in [2.75, 3.05) is 25.8 Å². The highest BCUT2D eigenvalue weighted by Crippen LogP contribution is 2.35. The zero-order chi connectivity index (χ0) is 22.4. The summed E-state index contributed by atoms with van der Waals surface area (Å²) in [5.41, 5.74) is 2.54. The van der Waals surface area contributed by atoms with E-state index in [0.717, 1.165) is 5.56 Å². The minimum Gasteiger partial charge on any atom is -0.493 e. The molecule has 0 saturated heterocycles. The quantitative estimate of drug-likeness (QED) is 0.398. The molecule has 2 N–H and O–H groups in total. The maximum atomic E-state index is 11.0. The molecule has 0 radical (unpaired) electrons. The van der Waals surface area contributed by atoms with E-state index in [2.05, 4.69) is 21.4 Å². The minimum absolute atomic E-state index is 0.212. The highest BCUT2D eigenvalue weighted by Gasteiger charge is 2.18. The SMILES string of the molecule is COc1ccc(-c2nc(SC)nc(NCc3ccc(C(=O)O)cc3)c2C#N)cc1OC. The monoisotopic (exact) mass is 436 g/mol. The van der Waals surface area contributed by atoms with E-state index in [1.54, 1.807) is 38.5 Å². The van der Waals surface area contributed by atoms with Crippen LogP contribution in [0.5, 0.6) is 11.5 Å². The number of nitriles is 1. The van der Waals surface area contributed by atoms with Crippen LogP contribution in [0.1, 0.15) is 21.5 Å². The zero-order valence-corrected chi connectivity index (χ0v) is 18.0. The third-order valence-electron chi connectivity index (χ3n) is 4.50. The second-order valence-electron chi connectivity index (χ2n) is 6.32. The molecule has 158 valence electrons. The molecule has 0 aliphatic rings. The van der Waals surface area contributed by atoms with Gasteiger partial charge in [-0.05, 0) is 42.2 Å². The molecule has 0 atom stereocenters. The first-order chi connectivity index (χ1) is 15.0. The van der Waals surface area contributed by atoms with Gasteiger partial charge in [0.2, 0.25) is 0 Å². The van der Waals surface area contributed by atoms with E-state index in [0.29, 0.717) is 45.8 Å². The summed E-state index contributed by atoms with van der Waals surface area (Å²) in [6.45, 7) is 0.366. The molecule has 9 heteroatoms. The number of carboxylic acids is 1. The molecule has 0 saturated carbocycles. The van der Waals surface area contributed by atoms with Gasteiger partial charge in [-0.1, -0.05) is 23.9 Å². The number of hydrogen-bond donors (Lipinski definition) is 2. The van der Waals surface area contributed by atoms with Gasteiger partial charge in [-0.25, -0.2) is 14.8 Å². The fourth-order valence-corrected chi connectivity index (χ4v) is 3.27. The molecule has 0 unspecified atom stereocenters. The standard InChI is InChI=1S/C22H20N4O4S/c1-29-17-9-8-15(10-18(17)30-2)19-16(11-23)20(26-22(25-19)31-3)24-12-13-4-6-14(7-5-13)21(27)28/h4-10H,12H2,1-3H3,(H,27,28)(H,24,25,26). The molecule has 3 aromatic rings. The third-order valence-corrected chi connectivity index (χ3v) is 5.05. The van der Waals surface area contributed by atoms with Crippen LogP contribution in [0.3, 0.4) is 0 Å². The predicted molar refractivity (Wildman–Crippen MR) is 118 cm³/mol. The van der Waals surface area contributed by atoms with Crippen molar-refractivity contribution in [2.45, 2.75) is 11.7 Å². The molecule has 3 rings (SSSR count). The molecule has 2 aromatic carbocycles. The molecule has 8 nitrogen and oxygen atoms in total. The Morgan fingerprint density at radius 1 is 1.13 bits per heavy atom. The number of anilines is 1. The molecule has 1 aromatic heterocycles. The second kappa shape index (κ2) is 9.82. The minimum atomic E-state index is -0.980. The Balaban J connectivity index is 1.98. The number of benzene rings is 2. The number of ether oxygens (including phenoxy) is 2. The van der Waals surface area contributed by atoms with E-state index in [4.69, 9.17) is 14.6 Å². The molecule has 0 amide bonds. The maximum Gasteiger partial charge on any atom is 0.335 e. The highest BCUT2D eigenvalue weighted by atomic mass is 32.2. The molecule has 0 bridgehead atoms. The van der Waals surface area contributed by atoms with E-state index in [-0.39, 0.29) is 5.56 Å². The number of hydrogen-bond acceptors (Lipinski definition) is 8. The predicted octanol–water partition coefficient (Wildman–Crippen LogP) is 4.06. The molecule has 0 aliphatic carbocycles. The molecule has 1 heterocycles. The summed E-state index contributed by atoms with van der Waals surface area (Å²) in [7, 11) is 3.10. The Kier molecular flexibility index (Phi) is 6.95. The number of nitrogens with zero attached hydrogens (tertiary/aromatic N) is 3. The van der Waals surface area contributed by atoms with Crippen molar-refractivity contribution in [2.24, 2.45) is 0 Å². The summed E-state index contributed by atoms with van der Waals surface area (Å²) in [5.74, 6) is 0.522. The van der Waals surface area contributed by atoms with Crippen LogP contribution in [-0.4, -0.2) is 41.5 Å². The van der Waals surface area contributed by atoms with Crippen LogP contribution in [0.4, 0.5) is 5.82 Å². The zero-order valence-electron chi connectivity index (χ0n) is 17.2. The molecule has 0 fully saturated rings. The van der Waals surface area contributed by atoms with E-state index in [9.17, 15) is 10.1 Å². The van der Waals surface area contributed by atoms with Crippen LogP contribution >= 0.6 is 11.8 Å². The van der Waals surface area contributed by atoms with Gasteiger partial charge in [-0.15, -0.1) is 0 Å². The van der Waals surface area contributed by atoms with Gasteiger partial charge in [0.15, 0.2) is 16.7 Å². The number of carboxylic acid groups (broad SMARTS) is 1. The Morgan fingerprint density at radius 3 is 2.42 bits per heavy atom. The number of thioether (sulfide) groups is 1. The fourth-order valence-electron chi connectivity index (χ4n) is 2.91. The van der Waals surface area contributed by atoms with Gasteiger partial charge < -0.3 is 19.9 Å². The lowest BCUT2D eigenvalue weighted by Gasteiger charge is -2.14. The van der Waals surface area contributed by atoms with Gasteiger partial charge in [-0.3, -0.25) is 0 Å². The lowest BCUT2D eigenvalue weighted by atomic mass is 10.1. The average molecular weight is 436 g/mol. The number of nitrogens with one attached hydrogen (secondary N) is 1. The summed E-state index contributed by atoms with van der Waals surface area (Å²) in [4.78, 5) is 20.0. The topological polar surface area (TPSA) is 117 Å². The van der Waals surface area contributed by atoms with E-state index in [1.165, 1.54) is 23.9 Å². The van der Waals surface area contributed by atoms with Gasteiger partial charge in [0.05, 0.1) is 25.5 Å². The molecule has 0 spiro atoms. The lowest BCUT2D eigenvalue weighted by Crippen LogP contribution is -2.07. The Bertz CT molecular complexity index is 1140. The number of rotatable bonds is 8. The largest absolute Gasteiger partial charge is 0.493 e. The van der Waals surface area contributed by atoms with Crippen LogP contribution < -0.4 is 14.8 Å². The molecular weight excluding hydrogens is 416 g/mol. The van der Waals surface area contributed by atoms with Gasteiger partial charge in [-0.2, -0.15) is 5.26 Å². The Morgan fingerprint density at radius 2 is 1.84 bits per heavy atom. The van der Waals surface area contributed by atoms with E-state index >= 15 is 0 Å². The lowest BCUT2D eigenvalue weighted by molar-refractivity contribution is 0.0697. The first-order valence-electron chi connectivity index (χ1n) is 9.15. The van der Waals surface area contributed by atoms with Gasteiger partial charge >= 0.3 is 5.97 Å². The summed E-state index contributed by atoms with van der Waals surface area (Å²) < 4.78 is 10.7. The number of aromatic nitrogens is 2. The van der Waals surface area contributed by atoms with Crippen LogP contribution in [0, 0.1) is 11.3 Å². The van der Waals surface area contributed by atoms with Crippen molar-refractivity contribution in [3.05, 3.63) is 59.2 Å². The van der Waals surface area contributed by atoms with Crippen LogP contribution in [0.15, 0.2) is 47.6 Å². The number of aromatic carboxylic acids is 1. The first kappa shape index (κ1) is 21.9. The first-order valence-corrected chi connectivity index (χ1v) is 10.4. The smallest absolute Gasteiger partial charge is 0.335 e. The van der Waals surface area contributed by atoms with Crippen molar-refractivity contribution >= 4 is 23.5 Å². The third kappa shape index (κ3) is 4.87.